The Hall–Kier alpha value is -5.64. The summed E-state index contributed by atoms with van der Waals surface area (Å²) < 4.78 is 7.50. The van der Waals surface area contributed by atoms with Gasteiger partial charge in [0.2, 0.25) is 0 Å². The minimum absolute atomic E-state index is 1.18. The normalized spacial score (nSPS) is 12.0. The molecule has 210 valence electrons. The van der Waals surface area contributed by atoms with Gasteiger partial charge in [-0.2, -0.15) is 0 Å². The third kappa shape index (κ3) is 3.56. The van der Waals surface area contributed by atoms with Crippen molar-refractivity contribution < 1.29 is 0 Å². The van der Waals surface area contributed by atoms with Crippen molar-refractivity contribution in [3.05, 3.63) is 158 Å². The summed E-state index contributed by atoms with van der Waals surface area (Å²) >= 11 is 1.91. The van der Waals surface area contributed by atoms with Crippen molar-refractivity contribution in [1.82, 2.24) is 9.13 Å². The van der Waals surface area contributed by atoms with E-state index >= 15 is 0 Å². The zero-order valence-corrected chi connectivity index (χ0v) is 25.1. The Morgan fingerprint density at radius 1 is 0.356 bits per heavy atom. The summed E-state index contributed by atoms with van der Waals surface area (Å²) in [6.45, 7) is 0. The molecule has 0 radical (unpaired) electrons. The summed E-state index contributed by atoms with van der Waals surface area (Å²) in [5, 5.41) is 7.80. The molecule has 0 saturated carbocycles. The first-order chi connectivity index (χ1) is 22.3. The summed E-state index contributed by atoms with van der Waals surface area (Å²) in [7, 11) is 0. The molecule has 3 heteroatoms. The highest BCUT2D eigenvalue weighted by Crippen LogP contribution is 2.44. The standard InChI is InChI=1S/C42H26N2S/c1-2-11-27(12-3-1)28-13-10-14-29(25-28)44-38-20-9-6-17-34(38)41-39(44)23-22-33-35-26-30(21-24-40(35)45-42(33)41)43-36-18-7-4-15-31(36)32-16-5-8-19-37(32)43/h1-26H. The van der Waals surface area contributed by atoms with Gasteiger partial charge in [-0.1, -0.05) is 103 Å². The predicted octanol–water partition coefficient (Wildman–Crippen LogP) is 11.9. The molecule has 0 fully saturated rings. The van der Waals surface area contributed by atoms with Gasteiger partial charge in [-0.15, -0.1) is 11.3 Å². The van der Waals surface area contributed by atoms with Gasteiger partial charge in [-0.05, 0) is 65.7 Å². The van der Waals surface area contributed by atoms with Crippen molar-refractivity contribution in [2.75, 3.05) is 0 Å². The Morgan fingerprint density at radius 2 is 0.956 bits per heavy atom. The largest absolute Gasteiger partial charge is 0.309 e. The fraction of sp³-hybridized carbons (Fsp3) is 0. The van der Waals surface area contributed by atoms with E-state index in [9.17, 15) is 0 Å². The van der Waals surface area contributed by atoms with Gasteiger partial charge in [0.15, 0.2) is 0 Å². The van der Waals surface area contributed by atoms with Crippen molar-refractivity contribution in [2.24, 2.45) is 0 Å². The minimum atomic E-state index is 1.18. The van der Waals surface area contributed by atoms with Crippen LogP contribution in [-0.2, 0) is 0 Å². The van der Waals surface area contributed by atoms with Crippen LogP contribution in [0.25, 0.3) is 86.3 Å². The zero-order chi connectivity index (χ0) is 29.5. The Bertz CT molecular complexity index is 2710. The quantitative estimate of drug-likeness (QED) is 0.194. The van der Waals surface area contributed by atoms with E-state index in [0.29, 0.717) is 0 Å². The second kappa shape index (κ2) is 9.43. The van der Waals surface area contributed by atoms with E-state index < -0.39 is 0 Å². The van der Waals surface area contributed by atoms with Crippen LogP contribution in [0.1, 0.15) is 0 Å². The fourth-order valence-electron chi connectivity index (χ4n) is 7.35. The van der Waals surface area contributed by atoms with Crippen molar-refractivity contribution in [3.8, 4) is 22.5 Å². The monoisotopic (exact) mass is 590 g/mol. The number of aromatic nitrogens is 2. The average molecular weight is 591 g/mol. The molecular formula is C42H26N2S. The van der Waals surface area contributed by atoms with Crippen LogP contribution in [0.3, 0.4) is 0 Å². The molecule has 0 saturated heterocycles. The van der Waals surface area contributed by atoms with Crippen LogP contribution < -0.4 is 0 Å². The molecule has 0 aliphatic carbocycles. The summed E-state index contributed by atoms with van der Waals surface area (Å²) in [6, 6.07) is 57.5. The third-order valence-corrected chi connectivity index (χ3v) is 10.5. The maximum Gasteiger partial charge on any atom is 0.0555 e. The molecule has 2 nitrogen and oxygen atoms in total. The maximum absolute atomic E-state index is 2.43. The van der Waals surface area contributed by atoms with Gasteiger partial charge in [0.05, 0.1) is 22.1 Å². The minimum Gasteiger partial charge on any atom is -0.309 e. The van der Waals surface area contributed by atoms with Gasteiger partial charge >= 0.3 is 0 Å². The smallest absolute Gasteiger partial charge is 0.0555 e. The van der Waals surface area contributed by atoms with E-state index in [4.69, 9.17) is 0 Å². The maximum atomic E-state index is 2.43. The molecule has 3 heterocycles. The van der Waals surface area contributed by atoms with Crippen molar-refractivity contribution in [1.29, 1.82) is 0 Å². The Balaban J connectivity index is 1.23. The lowest BCUT2D eigenvalue weighted by atomic mass is 10.1. The molecule has 0 bridgehead atoms. The van der Waals surface area contributed by atoms with E-state index in [0.717, 1.165) is 0 Å². The zero-order valence-electron chi connectivity index (χ0n) is 24.3. The summed E-state index contributed by atoms with van der Waals surface area (Å²) in [4.78, 5) is 0. The lowest BCUT2D eigenvalue weighted by Crippen LogP contribution is -1.94. The fourth-order valence-corrected chi connectivity index (χ4v) is 8.59. The van der Waals surface area contributed by atoms with Crippen molar-refractivity contribution >= 4 is 75.1 Å². The van der Waals surface area contributed by atoms with E-state index in [1.165, 1.54) is 86.3 Å². The molecule has 0 atom stereocenters. The molecule has 45 heavy (non-hydrogen) atoms. The van der Waals surface area contributed by atoms with Gasteiger partial charge in [0, 0.05) is 53.1 Å². The SMILES string of the molecule is c1ccc(-c2cccc(-n3c4ccccc4c4c5sc6ccc(-n7c8ccccc8c8ccccc87)cc6c5ccc43)c2)cc1. The molecule has 10 rings (SSSR count). The molecule has 7 aromatic carbocycles. The second-order valence-electron chi connectivity index (χ2n) is 11.8. The summed E-state index contributed by atoms with van der Waals surface area (Å²) in [5.41, 5.74) is 9.76. The number of fused-ring (bicyclic) bond motifs is 10. The van der Waals surface area contributed by atoms with Crippen LogP contribution in [-0.4, -0.2) is 9.13 Å². The molecule has 0 unspecified atom stereocenters. The lowest BCUT2D eigenvalue weighted by Gasteiger charge is -2.10. The first kappa shape index (κ1) is 24.8. The van der Waals surface area contributed by atoms with Gasteiger partial charge in [-0.25, -0.2) is 0 Å². The molecule has 0 spiro atoms. The van der Waals surface area contributed by atoms with Crippen molar-refractivity contribution in [2.45, 2.75) is 0 Å². The average Bonchev–Trinajstić information content (AvgIpc) is 3.76. The highest BCUT2D eigenvalue weighted by Gasteiger charge is 2.19. The van der Waals surface area contributed by atoms with Crippen LogP contribution in [0.5, 0.6) is 0 Å². The van der Waals surface area contributed by atoms with E-state index in [1.54, 1.807) is 0 Å². The van der Waals surface area contributed by atoms with Crippen LogP contribution >= 0.6 is 11.3 Å². The van der Waals surface area contributed by atoms with E-state index in [2.05, 4.69) is 167 Å². The first-order valence-corrected chi connectivity index (χ1v) is 16.2. The molecule has 0 aliphatic rings. The summed E-state index contributed by atoms with van der Waals surface area (Å²) in [6.07, 6.45) is 0. The molecular weight excluding hydrogens is 565 g/mol. The third-order valence-electron chi connectivity index (χ3n) is 9.31. The molecule has 3 aromatic heterocycles. The Morgan fingerprint density at radius 3 is 1.71 bits per heavy atom. The second-order valence-corrected chi connectivity index (χ2v) is 12.8. The van der Waals surface area contributed by atoms with Gasteiger partial charge in [0.1, 0.15) is 0 Å². The van der Waals surface area contributed by atoms with Gasteiger partial charge < -0.3 is 9.13 Å². The Kier molecular flexibility index (Phi) is 5.19. The van der Waals surface area contributed by atoms with E-state index in [-0.39, 0.29) is 0 Å². The number of hydrogen-bond donors (Lipinski definition) is 0. The van der Waals surface area contributed by atoms with Crippen LogP contribution in [0.2, 0.25) is 0 Å². The topological polar surface area (TPSA) is 9.86 Å². The van der Waals surface area contributed by atoms with Gasteiger partial charge in [0.25, 0.3) is 0 Å². The number of para-hydroxylation sites is 3. The predicted molar refractivity (Wildman–Crippen MR) is 193 cm³/mol. The first-order valence-electron chi connectivity index (χ1n) is 15.4. The molecule has 0 aliphatic heterocycles. The highest BCUT2D eigenvalue weighted by atomic mass is 32.1. The number of thiophene rings is 1. The highest BCUT2D eigenvalue weighted by molar-refractivity contribution is 7.26. The number of benzene rings is 7. The van der Waals surface area contributed by atoms with Crippen LogP contribution in [0.4, 0.5) is 0 Å². The van der Waals surface area contributed by atoms with Crippen LogP contribution in [0, 0.1) is 0 Å². The number of rotatable bonds is 3. The van der Waals surface area contributed by atoms with E-state index in [1.807, 2.05) is 11.3 Å². The molecule has 0 N–H and O–H groups in total. The summed E-state index contributed by atoms with van der Waals surface area (Å²) in [5.74, 6) is 0. The lowest BCUT2D eigenvalue weighted by molar-refractivity contribution is 1.18. The molecule has 10 aromatic rings. The van der Waals surface area contributed by atoms with Crippen molar-refractivity contribution in [3.63, 3.8) is 0 Å². The number of nitrogens with zero attached hydrogens (tertiary/aromatic N) is 2. The Labute approximate surface area is 263 Å². The molecule has 0 amide bonds. The van der Waals surface area contributed by atoms with Crippen LogP contribution in [0.15, 0.2) is 158 Å². The van der Waals surface area contributed by atoms with Gasteiger partial charge in [-0.3, -0.25) is 0 Å². The number of hydrogen-bond acceptors (Lipinski definition) is 1.